The lowest BCUT2D eigenvalue weighted by atomic mass is 10.0. The summed E-state index contributed by atoms with van der Waals surface area (Å²) in [6.07, 6.45) is 1.10. The number of hydrogen-bond donors (Lipinski definition) is 0. The third kappa shape index (κ3) is 7.15. The Morgan fingerprint density at radius 1 is 0.793 bits per heavy atom. The Morgan fingerprint density at radius 2 is 1.34 bits per heavy atom. The minimum atomic E-state index is -0.529. The summed E-state index contributed by atoms with van der Waals surface area (Å²) in [5.41, 5.74) is 2.13. The van der Waals surface area contributed by atoms with E-state index in [0.29, 0.717) is 17.4 Å². The second-order valence-corrected chi connectivity index (χ2v) is 6.75. The Hall–Kier alpha value is -3.58. The van der Waals surface area contributed by atoms with Gasteiger partial charge in [0, 0.05) is 0 Å². The smallest absolute Gasteiger partial charge is 0.292 e. The number of carbonyl (C=O) groups excluding carboxylic acids is 1. The van der Waals surface area contributed by atoms with Gasteiger partial charge in [-0.3, -0.25) is 4.79 Å². The lowest BCUT2D eigenvalue weighted by Gasteiger charge is -2.16. The summed E-state index contributed by atoms with van der Waals surface area (Å²) in [6, 6.07) is 26.4. The fraction of sp³-hybridized carbons (Fsp3) is 0.200. The van der Waals surface area contributed by atoms with Crippen LogP contribution >= 0.6 is 0 Å². The number of para-hydroxylation sites is 1. The van der Waals surface area contributed by atoms with Crippen LogP contribution in [0.2, 0.25) is 0 Å². The molecule has 4 nitrogen and oxygen atoms in total. The first-order valence-corrected chi connectivity index (χ1v) is 9.44. The molecule has 4 heteroatoms. The maximum absolute atomic E-state index is 11.6. The van der Waals surface area contributed by atoms with Gasteiger partial charge < -0.3 is 9.47 Å². The van der Waals surface area contributed by atoms with Crippen LogP contribution in [0.3, 0.4) is 0 Å². The van der Waals surface area contributed by atoms with Crippen LogP contribution in [-0.2, 0) is 4.79 Å². The molecule has 0 aliphatic carbocycles. The monoisotopic (exact) mass is 387 g/mol. The Bertz CT molecular complexity index is 914. The Kier molecular flexibility index (Phi) is 8.47. The van der Waals surface area contributed by atoms with E-state index in [4.69, 9.17) is 10.00 Å². The molecule has 29 heavy (non-hydrogen) atoms. The van der Waals surface area contributed by atoms with E-state index >= 15 is 0 Å². The van der Waals surface area contributed by atoms with Crippen molar-refractivity contribution in [2.45, 2.75) is 32.8 Å². The topological polar surface area (TPSA) is 59.3 Å². The van der Waals surface area contributed by atoms with E-state index in [1.54, 1.807) is 25.3 Å². The molecule has 0 amide bonds. The number of ketones is 1. The van der Waals surface area contributed by atoms with Crippen molar-refractivity contribution in [3.05, 3.63) is 96.1 Å². The van der Waals surface area contributed by atoms with Gasteiger partial charge >= 0.3 is 0 Å². The number of Topliss-reactive ketones (excluding diaryl/α,β-unsaturated/α-hetero) is 1. The molecule has 0 aromatic heterocycles. The summed E-state index contributed by atoms with van der Waals surface area (Å²) in [6.45, 7) is 5.79. The van der Waals surface area contributed by atoms with Crippen LogP contribution in [0.25, 0.3) is 0 Å². The molecule has 0 saturated heterocycles. The number of carbonyl (C=O) groups is 1. The molecule has 0 heterocycles. The number of nitrogens with zero attached hydrogens (tertiary/aromatic N) is 1. The molecule has 1 atom stereocenters. The molecular formula is C25H25NO3. The molecular weight excluding hydrogens is 362 g/mol. The first kappa shape index (κ1) is 21.7. The maximum atomic E-state index is 11.6. The van der Waals surface area contributed by atoms with E-state index in [1.165, 1.54) is 5.56 Å². The number of nitriles is 1. The van der Waals surface area contributed by atoms with Crippen molar-refractivity contribution < 1.29 is 14.3 Å². The molecule has 3 aromatic carbocycles. The number of ether oxygens (including phenoxy) is 2. The van der Waals surface area contributed by atoms with Crippen LogP contribution in [0, 0.1) is 11.5 Å². The summed E-state index contributed by atoms with van der Waals surface area (Å²) in [7, 11) is 0. The van der Waals surface area contributed by atoms with Gasteiger partial charge in [-0.05, 0) is 48.2 Å². The lowest BCUT2D eigenvalue weighted by molar-refractivity contribution is -0.123. The van der Waals surface area contributed by atoms with E-state index in [1.807, 2.05) is 72.8 Å². The highest BCUT2D eigenvalue weighted by atomic mass is 16.5. The minimum Gasteiger partial charge on any atom is -0.478 e. The van der Waals surface area contributed by atoms with Crippen molar-refractivity contribution in [1.29, 1.82) is 5.26 Å². The average Bonchev–Trinajstić information content (AvgIpc) is 2.74. The second kappa shape index (κ2) is 11.3. The normalized spacial score (nSPS) is 10.9. The molecule has 3 rings (SSSR count). The third-order valence-electron chi connectivity index (χ3n) is 4.18. The summed E-state index contributed by atoms with van der Waals surface area (Å²) >= 11 is 0. The van der Waals surface area contributed by atoms with E-state index in [0.717, 1.165) is 5.56 Å². The predicted molar refractivity (Wildman–Crippen MR) is 114 cm³/mol. The van der Waals surface area contributed by atoms with Gasteiger partial charge in [-0.25, -0.2) is 0 Å². The second-order valence-electron chi connectivity index (χ2n) is 6.75. The Balaban J connectivity index is 0.000000221. The van der Waals surface area contributed by atoms with Gasteiger partial charge in [0.2, 0.25) is 0 Å². The van der Waals surface area contributed by atoms with Crippen molar-refractivity contribution in [3.8, 4) is 17.8 Å². The maximum Gasteiger partial charge on any atom is 0.292 e. The van der Waals surface area contributed by atoms with Crippen LogP contribution in [0.5, 0.6) is 11.5 Å². The third-order valence-corrected chi connectivity index (χ3v) is 4.18. The first-order chi connectivity index (χ1) is 14.0. The van der Waals surface area contributed by atoms with E-state index in [9.17, 15) is 4.79 Å². The van der Waals surface area contributed by atoms with Crippen molar-refractivity contribution in [3.63, 3.8) is 0 Å². The molecule has 0 saturated carbocycles. The molecule has 0 bridgehead atoms. The van der Waals surface area contributed by atoms with Crippen molar-refractivity contribution in [2.75, 3.05) is 0 Å². The van der Waals surface area contributed by atoms with Crippen LogP contribution in [0.1, 0.15) is 43.9 Å². The highest BCUT2D eigenvalue weighted by Crippen LogP contribution is 2.22. The van der Waals surface area contributed by atoms with E-state index < -0.39 is 6.10 Å². The summed E-state index contributed by atoms with van der Waals surface area (Å²) in [5, 5.41) is 8.23. The average molecular weight is 387 g/mol. The SMILES string of the molecule is CC(=O)C(Oc1ccccc1)c1ccccc1.CC(C)c1ccc(OC#N)cc1. The molecule has 3 aromatic rings. The minimum absolute atomic E-state index is 0.0000491. The lowest BCUT2D eigenvalue weighted by Crippen LogP contribution is -2.15. The van der Waals surface area contributed by atoms with Gasteiger partial charge in [-0.1, -0.05) is 74.5 Å². The first-order valence-electron chi connectivity index (χ1n) is 9.44. The highest BCUT2D eigenvalue weighted by molar-refractivity contribution is 5.82. The summed E-state index contributed by atoms with van der Waals surface area (Å²) in [5.74, 6) is 1.82. The molecule has 0 N–H and O–H groups in total. The van der Waals surface area contributed by atoms with Crippen LogP contribution in [-0.4, -0.2) is 5.78 Å². The summed E-state index contributed by atoms with van der Waals surface area (Å²) < 4.78 is 10.4. The van der Waals surface area contributed by atoms with Crippen LogP contribution in [0.15, 0.2) is 84.9 Å². The zero-order valence-electron chi connectivity index (χ0n) is 16.9. The molecule has 0 aliphatic rings. The van der Waals surface area contributed by atoms with Gasteiger partial charge in [0.1, 0.15) is 11.5 Å². The van der Waals surface area contributed by atoms with Crippen LogP contribution in [0.4, 0.5) is 0 Å². The largest absolute Gasteiger partial charge is 0.478 e. The van der Waals surface area contributed by atoms with Crippen molar-refractivity contribution in [1.82, 2.24) is 0 Å². The molecule has 0 fully saturated rings. The predicted octanol–water partition coefficient (Wildman–Crippen LogP) is 6.07. The number of hydrogen-bond acceptors (Lipinski definition) is 4. The fourth-order valence-corrected chi connectivity index (χ4v) is 2.62. The van der Waals surface area contributed by atoms with Gasteiger partial charge in [-0.15, -0.1) is 5.26 Å². The molecule has 0 radical (unpaired) electrons. The Morgan fingerprint density at radius 3 is 1.83 bits per heavy atom. The molecule has 1 unspecified atom stereocenters. The zero-order valence-corrected chi connectivity index (χ0v) is 16.9. The van der Waals surface area contributed by atoms with Gasteiger partial charge in [0.05, 0.1) is 0 Å². The fourth-order valence-electron chi connectivity index (χ4n) is 2.62. The van der Waals surface area contributed by atoms with Crippen LogP contribution < -0.4 is 9.47 Å². The van der Waals surface area contributed by atoms with Crippen molar-refractivity contribution in [2.24, 2.45) is 0 Å². The molecule has 0 spiro atoms. The number of benzene rings is 3. The summed E-state index contributed by atoms with van der Waals surface area (Å²) in [4.78, 5) is 11.6. The molecule has 0 aliphatic heterocycles. The van der Waals surface area contributed by atoms with Gasteiger partial charge in [0.25, 0.3) is 6.26 Å². The quantitative estimate of drug-likeness (QED) is 0.482. The van der Waals surface area contributed by atoms with Crippen molar-refractivity contribution >= 4 is 5.78 Å². The van der Waals surface area contributed by atoms with Gasteiger partial charge in [0.15, 0.2) is 11.9 Å². The highest BCUT2D eigenvalue weighted by Gasteiger charge is 2.17. The van der Waals surface area contributed by atoms with E-state index in [-0.39, 0.29) is 5.78 Å². The Labute approximate surface area is 172 Å². The standard InChI is InChI=1S/C15H14O2.C10H11NO/c1-12(16)15(13-8-4-2-5-9-13)17-14-10-6-3-7-11-14;1-8(2)9-3-5-10(6-4-9)12-7-11/h2-11,15H,1H3;3-6,8H,1-2H3. The van der Waals surface area contributed by atoms with Gasteiger partial charge in [-0.2, -0.15) is 0 Å². The molecule has 148 valence electrons. The number of rotatable bonds is 6. The van der Waals surface area contributed by atoms with E-state index in [2.05, 4.69) is 18.6 Å². The zero-order chi connectivity index (χ0) is 21.1.